The van der Waals surface area contributed by atoms with Crippen molar-refractivity contribution in [3.8, 4) is 22.6 Å². The Labute approximate surface area is 124 Å². The summed E-state index contributed by atoms with van der Waals surface area (Å²) in [6, 6.07) is 6.92. The van der Waals surface area contributed by atoms with Crippen LogP contribution in [0, 0.1) is 0 Å². The molecule has 0 spiro atoms. The second-order valence-electron chi connectivity index (χ2n) is 4.06. The van der Waals surface area contributed by atoms with Crippen molar-refractivity contribution in [2.45, 2.75) is 0 Å². The standard InChI is InChI=1S/C13H9Cl2N5/c14-7-2-3-8(9(15)6-7)10-11(19-20-12(10)16)13-17-4-1-5-18-13/h1-6H,(H3,16,19,20). The quantitative estimate of drug-likeness (QED) is 0.760. The number of nitrogens with one attached hydrogen (secondary N) is 1. The van der Waals surface area contributed by atoms with Gasteiger partial charge in [-0.2, -0.15) is 5.10 Å². The first-order valence-corrected chi connectivity index (χ1v) is 6.49. The molecule has 3 rings (SSSR count). The molecule has 0 unspecified atom stereocenters. The molecule has 2 heterocycles. The maximum Gasteiger partial charge on any atom is 0.178 e. The molecular formula is C13H9Cl2N5. The molecule has 5 nitrogen and oxygen atoms in total. The number of halogens is 2. The molecule has 2 aromatic heterocycles. The number of H-pyrrole nitrogens is 1. The van der Waals surface area contributed by atoms with E-state index in [2.05, 4.69) is 20.2 Å². The lowest BCUT2D eigenvalue weighted by Gasteiger charge is -2.06. The molecule has 3 aromatic rings. The number of benzene rings is 1. The van der Waals surface area contributed by atoms with Crippen LogP contribution in [-0.4, -0.2) is 20.2 Å². The van der Waals surface area contributed by atoms with E-state index < -0.39 is 0 Å². The molecule has 1 aromatic carbocycles. The molecule has 0 saturated heterocycles. The minimum atomic E-state index is 0.330. The summed E-state index contributed by atoms with van der Waals surface area (Å²) in [6.45, 7) is 0. The number of aromatic amines is 1. The van der Waals surface area contributed by atoms with Crippen LogP contribution in [0.3, 0.4) is 0 Å². The Balaban J connectivity index is 2.22. The first-order valence-electron chi connectivity index (χ1n) is 5.73. The topological polar surface area (TPSA) is 80.5 Å². The van der Waals surface area contributed by atoms with E-state index in [4.69, 9.17) is 28.9 Å². The number of hydrogen-bond acceptors (Lipinski definition) is 4. The van der Waals surface area contributed by atoms with Crippen LogP contribution in [-0.2, 0) is 0 Å². The Kier molecular flexibility index (Phi) is 3.30. The van der Waals surface area contributed by atoms with E-state index in [-0.39, 0.29) is 0 Å². The predicted octanol–water partition coefficient (Wildman–Crippen LogP) is 3.42. The van der Waals surface area contributed by atoms with Gasteiger partial charge >= 0.3 is 0 Å². The molecule has 20 heavy (non-hydrogen) atoms. The zero-order chi connectivity index (χ0) is 14.1. The number of hydrogen-bond donors (Lipinski definition) is 2. The summed E-state index contributed by atoms with van der Waals surface area (Å²) in [5.74, 6) is 0.828. The fourth-order valence-electron chi connectivity index (χ4n) is 1.91. The van der Waals surface area contributed by atoms with Gasteiger partial charge in [0.25, 0.3) is 0 Å². The molecule has 0 radical (unpaired) electrons. The van der Waals surface area contributed by atoms with Gasteiger partial charge in [-0.1, -0.05) is 29.3 Å². The molecule has 0 amide bonds. The van der Waals surface area contributed by atoms with Crippen LogP contribution in [0.25, 0.3) is 22.6 Å². The number of nitrogen functional groups attached to an aromatic ring is 1. The summed E-state index contributed by atoms with van der Waals surface area (Å²) in [7, 11) is 0. The van der Waals surface area contributed by atoms with Crippen LogP contribution < -0.4 is 5.73 Å². The number of nitrogens with two attached hydrogens (primary N) is 1. The van der Waals surface area contributed by atoms with E-state index >= 15 is 0 Å². The average Bonchev–Trinajstić information content (AvgIpc) is 2.82. The highest BCUT2D eigenvalue weighted by Crippen LogP contribution is 2.38. The lowest BCUT2D eigenvalue weighted by atomic mass is 10.0. The summed E-state index contributed by atoms with van der Waals surface area (Å²) < 4.78 is 0. The predicted molar refractivity (Wildman–Crippen MR) is 79.5 cm³/mol. The summed E-state index contributed by atoms with van der Waals surface area (Å²) in [4.78, 5) is 8.38. The fourth-order valence-corrected chi connectivity index (χ4v) is 2.41. The molecule has 100 valence electrons. The highest BCUT2D eigenvalue weighted by molar-refractivity contribution is 6.36. The fraction of sp³-hybridized carbons (Fsp3) is 0. The van der Waals surface area contributed by atoms with E-state index in [1.165, 1.54) is 0 Å². The van der Waals surface area contributed by atoms with Crippen LogP contribution >= 0.6 is 23.2 Å². The first-order chi connectivity index (χ1) is 9.66. The van der Waals surface area contributed by atoms with Gasteiger partial charge < -0.3 is 5.73 Å². The van der Waals surface area contributed by atoms with Crippen molar-refractivity contribution in [1.82, 2.24) is 20.2 Å². The smallest absolute Gasteiger partial charge is 0.178 e. The first kappa shape index (κ1) is 12.9. The molecule has 7 heteroatoms. The molecule has 0 atom stereocenters. The maximum absolute atomic E-state index is 6.23. The van der Waals surface area contributed by atoms with Gasteiger partial charge in [-0.15, -0.1) is 0 Å². The number of aromatic nitrogens is 4. The third-order valence-electron chi connectivity index (χ3n) is 2.78. The Morgan fingerprint density at radius 2 is 1.85 bits per heavy atom. The van der Waals surface area contributed by atoms with Crippen LogP contribution in [0.5, 0.6) is 0 Å². The van der Waals surface area contributed by atoms with E-state index in [0.717, 1.165) is 5.56 Å². The zero-order valence-electron chi connectivity index (χ0n) is 10.1. The summed E-state index contributed by atoms with van der Waals surface area (Å²) >= 11 is 12.1. The molecule has 0 aliphatic carbocycles. The largest absolute Gasteiger partial charge is 0.382 e. The molecule has 0 bridgehead atoms. The van der Waals surface area contributed by atoms with Crippen LogP contribution in [0.15, 0.2) is 36.7 Å². The van der Waals surface area contributed by atoms with Crippen LogP contribution in [0.2, 0.25) is 10.0 Å². The summed E-state index contributed by atoms with van der Waals surface area (Å²) in [5, 5.41) is 7.90. The van der Waals surface area contributed by atoms with Gasteiger partial charge in [0.15, 0.2) is 11.6 Å². The van der Waals surface area contributed by atoms with Crippen molar-refractivity contribution in [1.29, 1.82) is 0 Å². The third kappa shape index (κ3) is 2.21. The summed E-state index contributed by atoms with van der Waals surface area (Å²) in [5.41, 5.74) is 7.94. The van der Waals surface area contributed by atoms with Gasteiger partial charge in [-0.05, 0) is 18.2 Å². The van der Waals surface area contributed by atoms with Crippen LogP contribution in [0.1, 0.15) is 0 Å². The van der Waals surface area contributed by atoms with Crippen molar-refractivity contribution in [2.75, 3.05) is 5.73 Å². The van der Waals surface area contributed by atoms with Gasteiger partial charge in [0, 0.05) is 23.0 Å². The molecule has 0 fully saturated rings. The van der Waals surface area contributed by atoms with E-state index in [0.29, 0.717) is 32.9 Å². The number of rotatable bonds is 2. The Morgan fingerprint density at radius 3 is 2.55 bits per heavy atom. The average molecular weight is 306 g/mol. The lowest BCUT2D eigenvalue weighted by Crippen LogP contribution is -1.92. The van der Waals surface area contributed by atoms with E-state index in [1.54, 1.807) is 36.7 Å². The molecule has 3 N–H and O–H groups in total. The van der Waals surface area contributed by atoms with Gasteiger partial charge in [-0.25, -0.2) is 9.97 Å². The Morgan fingerprint density at radius 1 is 1.10 bits per heavy atom. The SMILES string of the molecule is Nc1n[nH]c(-c2ncccn2)c1-c1ccc(Cl)cc1Cl. The second-order valence-corrected chi connectivity index (χ2v) is 4.90. The monoisotopic (exact) mass is 305 g/mol. The lowest BCUT2D eigenvalue weighted by molar-refractivity contribution is 1.07. The van der Waals surface area contributed by atoms with Gasteiger partial charge in [0.05, 0.1) is 10.6 Å². The number of nitrogens with zero attached hydrogens (tertiary/aromatic N) is 3. The highest BCUT2D eigenvalue weighted by Gasteiger charge is 2.18. The second kappa shape index (κ2) is 5.11. The van der Waals surface area contributed by atoms with E-state index in [9.17, 15) is 0 Å². The van der Waals surface area contributed by atoms with Gasteiger partial charge in [0.1, 0.15) is 5.69 Å². The summed E-state index contributed by atoms with van der Waals surface area (Å²) in [6.07, 6.45) is 3.29. The Bertz CT molecular complexity index is 755. The van der Waals surface area contributed by atoms with Crippen molar-refractivity contribution >= 4 is 29.0 Å². The molecule has 0 aliphatic rings. The molecule has 0 saturated carbocycles. The third-order valence-corrected chi connectivity index (χ3v) is 3.33. The van der Waals surface area contributed by atoms with Crippen molar-refractivity contribution in [2.24, 2.45) is 0 Å². The number of anilines is 1. The zero-order valence-corrected chi connectivity index (χ0v) is 11.7. The highest BCUT2D eigenvalue weighted by atomic mass is 35.5. The van der Waals surface area contributed by atoms with Gasteiger partial charge in [-0.3, -0.25) is 5.10 Å². The van der Waals surface area contributed by atoms with E-state index in [1.807, 2.05) is 0 Å². The minimum Gasteiger partial charge on any atom is -0.382 e. The maximum atomic E-state index is 6.23. The molecular weight excluding hydrogens is 297 g/mol. The van der Waals surface area contributed by atoms with Gasteiger partial charge in [0.2, 0.25) is 0 Å². The molecule has 0 aliphatic heterocycles. The normalized spacial score (nSPS) is 10.7. The van der Waals surface area contributed by atoms with Crippen molar-refractivity contribution < 1.29 is 0 Å². The van der Waals surface area contributed by atoms with Crippen molar-refractivity contribution in [3.63, 3.8) is 0 Å². The van der Waals surface area contributed by atoms with Crippen LogP contribution in [0.4, 0.5) is 5.82 Å². The Hall–Kier alpha value is -2.11. The minimum absolute atomic E-state index is 0.330. The van der Waals surface area contributed by atoms with Crippen molar-refractivity contribution in [3.05, 3.63) is 46.7 Å².